The molecule has 5 nitrogen and oxygen atoms in total. The average Bonchev–Trinajstić information content (AvgIpc) is 3.17. The van der Waals surface area contributed by atoms with Crippen molar-refractivity contribution < 1.29 is 14.3 Å². The monoisotopic (exact) mass is 486 g/mol. The number of para-hydroxylation sites is 1. The molecule has 0 spiro atoms. The first kappa shape index (κ1) is 22.5. The summed E-state index contributed by atoms with van der Waals surface area (Å²) >= 11 is 13.3. The maximum atomic E-state index is 12.8. The topological polar surface area (TPSA) is 51.5 Å². The minimum atomic E-state index is -0.313. The second-order valence-corrected chi connectivity index (χ2v) is 9.15. The predicted molar refractivity (Wildman–Crippen MR) is 130 cm³/mol. The number of rotatable bonds is 6. The van der Waals surface area contributed by atoms with E-state index in [0.717, 1.165) is 34.4 Å². The van der Waals surface area contributed by atoms with E-state index in [9.17, 15) is 9.59 Å². The molecule has 0 unspecified atom stereocenters. The zero-order valence-electron chi connectivity index (χ0n) is 17.5. The van der Waals surface area contributed by atoms with Crippen LogP contribution in [0.2, 0.25) is 10.0 Å². The van der Waals surface area contributed by atoms with E-state index < -0.39 is 0 Å². The van der Waals surface area contributed by atoms with Gasteiger partial charge in [0.25, 0.3) is 11.1 Å². The van der Waals surface area contributed by atoms with E-state index >= 15 is 0 Å². The number of imide groups is 1. The number of carbonyl (C=O) groups is 2. The third kappa shape index (κ3) is 4.72. The molecule has 1 aliphatic rings. The first-order valence-corrected chi connectivity index (χ1v) is 11.5. The van der Waals surface area contributed by atoms with Crippen LogP contribution in [-0.4, -0.2) is 33.8 Å². The van der Waals surface area contributed by atoms with Crippen molar-refractivity contribution in [2.45, 2.75) is 13.8 Å². The van der Waals surface area contributed by atoms with Gasteiger partial charge in [-0.25, -0.2) is 0 Å². The lowest BCUT2D eigenvalue weighted by molar-refractivity contribution is -0.123. The summed E-state index contributed by atoms with van der Waals surface area (Å²) in [6.07, 6.45) is 1.76. The number of nitrogens with zero attached hydrogens (tertiary/aromatic N) is 2. The smallest absolute Gasteiger partial charge is 0.293 e. The van der Waals surface area contributed by atoms with Gasteiger partial charge in [-0.05, 0) is 73.6 Å². The van der Waals surface area contributed by atoms with E-state index in [0.29, 0.717) is 20.7 Å². The summed E-state index contributed by atoms with van der Waals surface area (Å²) in [5.41, 5.74) is 3.57. The van der Waals surface area contributed by atoms with Gasteiger partial charge >= 0.3 is 0 Å². The number of thioether (sulfide) groups is 1. The second-order valence-electron chi connectivity index (χ2n) is 7.28. The normalized spacial score (nSPS) is 15.1. The maximum Gasteiger partial charge on any atom is 0.293 e. The van der Waals surface area contributed by atoms with Crippen LogP contribution in [0.25, 0.3) is 11.8 Å². The standard InChI is InChI=1S/C24H20Cl2N2O3S/c1-15-10-17(16(2)28(15)20-13-18(25)12-19(26)14-20)11-22-23(29)27(24(30)32-22)8-9-31-21-6-4-3-5-7-21/h3-7,10-14H,8-9H2,1-2H3/b22-11-. The molecule has 0 N–H and O–H groups in total. The van der Waals surface area contributed by atoms with Crippen LogP contribution in [-0.2, 0) is 4.79 Å². The van der Waals surface area contributed by atoms with Crippen molar-refractivity contribution in [3.05, 3.63) is 86.5 Å². The van der Waals surface area contributed by atoms with Crippen molar-refractivity contribution in [1.29, 1.82) is 0 Å². The molecule has 0 saturated carbocycles. The summed E-state index contributed by atoms with van der Waals surface area (Å²) in [5, 5.41) is 0.786. The van der Waals surface area contributed by atoms with E-state index in [1.54, 1.807) is 12.1 Å². The number of hydrogen-bond acceptors (Lipinski definition) is 4. The molecule has 8 heteroatoms. The molecule has 0 atom stereocenters. The summed E-state index contributed by atoms with van der Waals surface area (Å²) in [6, 6.07) is 16.6. The molecule has 164 valence electrons. The first-order chi connectivity index (χ1) is 15.3. The van der Waals surface area contributed by atoms with Crippen LogP contribution < -0.4 is 4.74 Å². The number of hydrogen-bond donors (Lipinski definition) is 0. The molecule has 32 heavy (non-hydrogen) atoms. The summed E-state index contributed by atoms with van der Waals surface area (Å²) < 4.78 is 7.64. The Morgan fingerprint density at radius 3 is 2.38 bits per heavy atom. The van der Waals surface area contributed by atoms with Crippen LogP contribution in [0.3, 0.4) is 0 Å². The van der Waals surface area contributed by atoms with E-state index in [2.05, 4.69) is 0 Å². The van der Waals surface area contributed by atoms with E-state index in [4.69, 9.17) is 27.9 Å². The lowest BCUT2D eigenvalue weighted by atomic mass is 10.2. The Morgan fingerprint density at radius 2 is 1.69 bits per heavy atom. The molecule has 1 fully saturated rings. The quantitative estimate of drug-likeness (QED) is 0.372. The van der Waals surface area contributed by atoms with Crippen molar-refractivity contribution in [3.63, 3.8) is 0 Å². The van der Waals surface area contributed by atoms with Gasteiger partial charge in [0.05, 0.1) is 11.4 Å². The largest absolute Gasteiger partial charge is 0.492 e. The van der Waals surface area contributed by atoms with E-state index in [1.165, 1.54) is 4.90 Å². The fraction of sp³-hybridized carbons (Fsp3) is 0.167. The summed E-state index contributed by atoms with van der Waals surface area (Å²) in [5.74, 6) is 0.385. The maximum absolute atomic E-state index is 12.8. The van der Waals surface area contributed by atoms with Crippen LogP contribution >= 0.6 is 35.0 Å². The van der Waals surface area contributed by atoms with Crippen LogP contribution in [0.1, 0.15) is 17.0 Å². The number of ether oxygens (including phenoxy) is 1. The highest BCUT2D eigenvalue weighted by Crippen LogP contribution is 2.34. The molecule has 0 bridgehead atoms. The number of benzene rings is 2. The molecule has 0 radical (unpaired) electrons. The molecule has 2 heterocycles. The van der Waals surface area contributed by atoms with E-state index in [-0.39, 0.29) is 24.3 Å². The number of halogens is 2. The predicted octanol–water partition coefficient (Wildman–Crippen LogP) is 6.52. The highest BCUT2D eigenvalue weighted by molar-refractivity contribution is 8.18. The molecular formula is C24H20Cl2N2O3S. The number of carbonyl (C=O) groups excluding carboxylic acids is 2. The molecule has 0 aliphatic carbocycles. The van der Waals surface area contributed by atoms with Crippen LogP contribution in [0.15, 0.2) is 59.5 Å². The minimum Gasteiger partial charge on any atom is -0.492 e. The Bertz CT molecular complexity index is 1200. The van der Waals surface area contributed by atoms with Crippen molar-refractivity contribution >= 4 is 52.2 Å². The molecule has 1 saturated heterocycles. The molecule has 1 aliphatic heterocycles. The summed E-state index contributed by atoms with van der Waals surface area (Å²) in [6.45, 7) is 4.34. The Kier molecular flexibility index (Phi) is 6.65. The van der Waals surface area contributed by atoms with Crippen molar-refractivity contribution in [2.75, 3.05) is 13.2 Å². The third-order valence-electron chi connectivity index (χ3n) is 5.06. The van der Waals surface area contributed by atoms with E-state index in [1.807, 2.05) is 66.9 Å². The molecule has 2 aromatic carbocycles. The molecule has 2 amide bonds. The Labute approximate surface area is 200 Å². The average molecular weight is 487 g/mol. The van der Waals surface area contributed by atoms with Gasteiger partial charge in [0.1, 0.15) is 12.4 Å². The SMILES string of the molecule is Cc1cc(/C=C2\SC(=O)N(CCOc3ccccc3)C2=O)c(C)n1-c1cc(Cl)cc(Cl)c1. The Balaban J connectivity index is 1.53. The fourth-order valence-electron chi connectivity index (χ4n) is 3.60. The van der Waals surface area contributed by atoms with Crippen LogP contribution in [0.5, 0.6) is 5.75 Å². The number of aromatic nitrogens is 1. The first-order valence-electron chi connectivity index (χ1n) is 9.92. The highest BCUT2D eigenvalue weighted by atomic mass is 35.5. The van der Waals surface area contributed by atoms with Crippen LogP contribution in [0, 0.1) is 13.8 Å². The summed E-state index contributed by atoms with van der Waals surface area (Å²) in [4.78, 5) is 26.9. The molecule has 4 rings (SSSR count). The Hall–Kier alpha value is -2.67. The van der Waals surface area contributed by atoms with Crippen molar-refractivity contribution in [2.24, 2.45) is 0 Å². The number of aryl methyl sites for hydroxylation is 1. The van der Waals surface area contributed by atoms with Gasteiger partial charge in [-0.1, -0.05) is 41.4 Å². The van der Waals surface area contributed by atoms with Crippen molar-refractivity contribution in [3.8, 4) is 11.4 Å². The molecular weight excluding hydrogens is 467 g/mol. The van der Waals surface area contributed by atoms with Gasteiger partial charge in [0.15, 0.2) is 0 Å². The molecule has 3 aromatic rings. The van der Waals surface area contributed by atoms with Crippen LogP contribution in [0.4, 0.5) is 4.79 Å². The summed E-state index contributed by atoms with van der Waals surface area (Å²) in [7, 11) is 0. The third-order valence-corrected chi connectivity index (χ3v) is 6.41. The van der Waals surface area contributed by atoms with Gasteiger partial charge in [-0.2, -0.15) is 0 Å². The molecule has 1 aromatic heterocycles. The van der Waals surface area contributed by atoms with Gasteiger partial charge in [0, 0.05) is 27.1 Å². The van der Waals surface area contributed by atoms with Crippen molar-refractivity contribution in [1.82, 2.24) is 9.47 Å². The van der Waals surface area contributed by atoms with Gasteiger partial charge in [-0.3, -0.25) is 14.5 Å². The zero-order valence-corrected chi connectivity index (χ0v) is 19.8. The lowest BCUT2D eigenvalue weighted by Gasteiger charge is -2.13. The zero-order chi connectivity index (χ0) is 22.8. The van der Waals surface area contributed by atoms with Gasteiger partial charge < -0.3 is 9.30 Å². The second kappa shape index (κ2) is 9.45. The lowest BCUT2D eigenvalue weighted by Crippen LogP contribution is -2.32. The Morgan fingerprint density at radius 1 is 1.00 bits per heavy atom. The van der Waals surface area contributed by atoms with Gasteiger partial charge in [0.2, 0.25) is 0 Å². The highest BCUT2D eigenvalue weighted by Gasteiger charge is 2.35. The number of amides is 2. The minimum absolute atomic E-state index is 0.191. The fourth-order valence-corrected chi connectivity index (χ4v) is 4.98. The van der Waals surface area contributed by atoms with Gasteiger partial charge in [-0.15, -0.1) is 0 Å².